The fourth-order valence-corrected chi connectivity index (χ4v) is 3.63. The van der Waals surface area contributed by atoms with Crippen LogP contribution in [-0.4, -0.2) is 51.2 Å². The van der Waals surface area contributed by atoms with Crippen molar-refractivity contribution in [2.75, 3.05) is 31.1 Å². The normalized spacial score (nSPS) is 16.8. The molecule has 0 spiro atoms. The molecular formula is C20H21F3N6. The predicted molar refractivity (Wildman–Crippen MR) is 103 cm³/mol. The maximum atomic E-state index is 13.1. The van der Waals surface area contributed by atoms with Gasteiger partial charge in [0.15, 0.2) is 5.82 Å². The smallest absolute Gasteiger partial charge is 0.352 e. The number of nitrogens with one attached hydrogen (secondary N) is 1. The highest BCUT2D eigenvalue weighted by molar-refractivity contribution is 5.72. The van der Waals surface area contributed by atoms with Crippen LogP contribution in [0.2, 0.25) is 0 Å². The standard InChI is InChI=1S/C20H21F3N6/c1-14(16-12-26-27-13-16)28-7-9-29(10-8-28)19-18(24-5-6-25-19)15-3-2-4-17(11-15)20(21,22)23/h2-6,11-14H,7-10H2,1H3,(H,26,27). The summed E-state index contributed by atoms with van der Waals surface area (Å²) in [5.74, 6) is 0.613. The summed E-state index contributed by atoms with van der Waals surface area (Å²) in [4.78, 5) is 13.2. The zero-order valence-electron chi connectivity index (χ0n) is 15.9. The van der Waals surface area contributed by atoms with Gasteiger partial charge in [0, 0.05) is 61.9 Å². The lowest BCUT2D eigenvalue weighted by Crippen LogP contribution is -2.47. The maximum Gasteiger partial charge on any atom is 0.416 e. The van der Waals surface area contributed by atoms with Crippen LogP contribution in [0.5, 0.6) is 0 Å². The molecule has 0 amide bonds. The second kappa shape index (κ2) is 7.82. The van der Waals surface area contributed by atoms with Crippen molar-refractivity contribution in [1.29, 1.82) is 0 Å². The fourth-order valence-electron chi connectivity index (χ4n) is 3.63. The first-order chi connectivity index (χ1) is 13.9. The van der Waals surface area contributed by atoms with Crippen LogP contribution in [0.15, 0.2) is 49.1 Å². The van der Waals surface area contributed by atoms with E-state index in [4.69, 9.17) is 0 Å². The van der Waals surface area contributed by atoms with Gasteiger partial charge in [0.2, 0.25) is 0 Å². The molecular weight excluding hydrogens is 381 g/mol. The second-order valence-electron chi connectivity index (χ2n) is 7.04. The van der Waals surface area contributed by atoms with Crippen molar-refractivity contribution in [2.24, 2.45) is 0 Å². The Labute approximate surface area is 166 Å². The number of hydrogen-bond donors (Lipinski definition) is 1. The van der Waals surface area contributed by atoms with Crippen LogP contribution in [0, 0.1) is 0 Å². The minimum Gasteiger partial charge on any atom is -0.352 e. The average molecular weight is 402 g/mol. The van der Waals surface area contributed by atoms with E-state index in [0.29, 0.717) is 30.2 Å². The monoisotopic (exact) mass is 402 g/mol. The van der Waals surface area contributed by atoms with Gasteiger partial charge >= 0.3 is 6.18 Å². The molecule has 1 unspecified atom stereocenters. The number of piperazine rings is 1. The highest BCUT2D eigenvalue weighted by Crippen LogP contribution is 2.34. The molecule has 0 aliphatic carbocycles. The Hall–Kier alpha value is -2.94. The first-order valence-electron chi connectivity index (χ1n) is 9.40. The van der Waals surface area contributed by atoms with Gasteiger partial charge in [0.25, 0.3) is 0 Å². The van der Waals surface area contributed by atoms with E-state index in [0.717, 1.165) is 30.8 Å². The number of nitrogens with zero attached hydrogens (tertiary/aromatic N) is 5. The number of rotatable bonds is 4. The van der Waals surface area contributed by atoms with Crippen LogP contribution in [0.4, 0.5) is 19.0 Å². The van der Waals surface area contributed by atoms with E-state index >= 15 is 0 Å². The summed E-state index contributed by atoms with van der Waals surface area (Å²) in [5, 5.41) is 6.85. The molecule has 1 N–H and O–H groups in total. The number of hydrogen-bond acceptors (Lipinski definition) is 5. The first kappa shape index (κ1) is 19.4. The van der Waals surface area contributed by atoms with Crippen molar-refractivity contribution >= 4 is 5.82 Å². The van der Waals surface area contributed by atoms with Crippen LogP contribution < -0.4 is 4.90 Å². The van der Waals surface area contributed by atoms with Gasteiger partial charge in [-0.05, 0) is 19.1 Å². The molecule has 2 aromatic heterocycles. The summed E-state index contributed by atoms with van der Waals surface area (Å²) in [5.41, 5.74) is 1.32. The third-order valence-electron chi connectivity index (χ3n) is 5.31. The van der Waals surface area contributed by atoms with Crippen molar-refractivity contribution in [3.8, 4) is 11.3 Å². The van der Waals surface area contributed by atoms with Crippen LogP contribution in [0.1, 0.15) is 24.1 Å². The predicted octanol–water partition coefficient (Wildman–Crippen LogP) is 3.77. The molecule has 1 aliphatic rings. The highest BCUT2D eigenvalue weighted by Gasteiger charge is 2.31. The van der Waals surface area contributed by atoms with Crippen LogP contribution in [0.3, 0.4) is 0 Å². The Morgan fingerprint density at radius 3 is 2.52 bits per heavy atom. The molecule has 1 fully saturated rings. The number of anilines is 1. The summed E-state index contributed by atoms with van der Waals surface area (Å²) < 4.78 is 39.3. The molecule has 3 aromatic rings. The maximum absolute atomic E-state index is 13.1. The van der Waals surface area contributed by atoms with E-state index in [1.165, 1.54) is 12.3 Å². The molecule has 9 heteroatoms. The lowest BCUT2D eigenvalue weighted by Gasteiger charge is -2.38. The fraction of sp³-hybridized carbons (Fsp3) is 0.350. The largest absolute Gasteiger partial charge is 0.416 e. The van der Waals surface area contributed by atoms with Crippen LogP contribution in [0.25, 0.3) is 11.3 Å². The number of aromatic nitrogens is 4. The van der Waals surface area contributed by atoms with E-state index in [1.54, 1.807) is 12.3 Å². The van der Waals surface area contributed by atoms with E-state index < -0.39 is 11.7 Å². The summed E-state index contributed by atoms with van der Waals surface area (Å²) in [6.07, 6.45) is 2.41. The van der Waals surface area contributed by atoms with E-state index in [-0.39, 0.29) is 6.04 Å². The van der Waals surface area contributed by atoms with Gasteiger partial charge in [-0.1, -0.05) is 12.1 Å². The number of aromatic amines is 1. The third kappa shape index (κ3) is 4.09. The molecule has 1 aliphatic heterocycles. The van der Waals surface area contributed by atoms with E-state index in [2.05, 4.69) is 36.9 Å². The summed E-state index contributed by atoms with van der Waals surface area (Å²) in [6, 6.07) is 5.47. The Morgan fingerprint density at radius 1 is 1.07 bits per heavy atom. The van der Waals surface area contributed by atoms with Crippen LogP contribution >= 0.6 is 0 Å². The number of benzene rings is 1. The second-order valence-corrected chi connectivity index (χ2v) is 7.04. The third-order valence-corrected chi connectivity index (χ3v) is 5.31. The Morgan fingerprint density at radius 2 is 1.83 bits per heavy atom. The molecule has 1 aromatic carbocycles. The lowest BCUT2D eigenvalue weighted by molar-refractivity contribution is -0.137. The van der Waals surface area contributed by atoms with Gasteiger partial charge in [0.05, 0.1) is 11.8 Å². The summed E-state index contributed by atoms with van der Waals surface area (Å²) in [6.45, 7) is 5.19. The molecule has 0 saturated carbocycles. The van der Waals surface area contributed by atoms with Gasteiger partial charge in [-0.15, -0.1) is 0 Å². The summed E-state index contributed by atoms with van der Waals surface area (Å²) in [7, 11) is 0. The Bertz CT molecular complexity index is 949. The van der Waals surface area contributed by atoms with E-state index in [9.17, 15) is 13.2 Å². The number of halogens is 3. The number of H-pyrrole nitrogens is 1. The average Bonchev–Trinajstić information content (AvgIpc) is 3.28. The topological polar surface area (TPSA) is 60.9 Å². The molecule has 1 saturated heterocycles. The van der Waals surface area contributed by atoms with Gasteiger partial charge < -0.3 is 4.90 Å². The molecule has 0 bridgehead atoms. The lowest BCUT2D eigenvalue weighted by atomic mass is 10.1. The van der Waals surface area contributed by atoms with Crippen molar-refractivity contribution < 1.29 is 13.2 Å². The van der Waals surface area contributed by atoms with Crippen LogP contribution in [-0.2, 0) is 6.18 Å². The quantitative estimate of drug-likeness (QED) is 0.720. The molecule has 29 heavy (non-hydrogen) atoms. The minimum atomic E-state index is -4.40. The number of alkyl halides is 3. The van der Waals surface area contributed by atoms with Crippen molar-refractivity contribution in [1.82, 2.24) is 25.1 Å². The highest BCUT2D eigenvalue weighted by atomic mass is 19.4. The molecule has 6 nitrogen and oxygen atoms in total. The van der Waals surface area contributed by atoms with Gasteiger partial charge in [-0.25, -0.2) is 4.98 Å². The van der Waals surface area contributed by atoms with Gasteiger partial charge in [-0.2, -0.15) is 18.3 Å². The van der Waals surface area contributed by atoms with Crippen molar-refractivity contribution in [3.05, 3.63) is 60.2 Å². The van der Waals surface area contributed by atoms with Gasteiger partial charge in [-0.3, -0.25) is 15.0 Å². The van der Waals surface area contributed by atoms with Crippen molar-refractivity contribution in [3.63, 3.8) is 0 Å². The SMILES string of the molecule is CC(c1cn[nH]c1)N1CCN(c2nccnc2-c2cccc(C(F)(F)F)c2)CC1. The van der Waals surface area contributed by atoms with Crippen molar-refractivity contribution in [2.45, 2.75) is 19.1 Å². The molecule has 3 heterocycles. The molecule has 0 radical (unpaired) electrons. The molecule has 152 valence electrons. The Balaban J connectivity index is 1.54. The minimum absolute atomic E-state index is 0.237. The molecule has 4 rings (SSSR count). The molecule has 1 atom stereocenters. The zero-order chi connectivity index (χ0) is 20.4. The summed E-state index contributed by atoms with van der Waals surface area (Å²) >= 11 is 0. The zero-order valence-corrected chi connectivity index (χ0v) is 15.9. The van der Waals surface area contributed by atoms with E-state index in [1.807, 2.05) is 12.4 Å². The van der Waals surface area contributed by atoms with Gasteiger partial charge in [0.1, 0.15) is 5.69 Å². The first-order valence-corrected chi connectivity index (χ1v) is 9.40. The Kier molecular flexibility index (Phi) is 5.23.